The second kappa shape index (κ2) is 13.0. The molecule has 0 aromatic carbocycles. The lowest BCUT2D eigenvalue weighted by molar-refractivity contribution is -0.128. The predicted molar refractivity (Wildman–Crippen MR) is 106 cm³/mol. The number of unbranched alkanes of at least 4 members (excludes halogenated alkanes) is 1. The normalized spacial score (nSPS) is 13.1. The number of nitrogens with one attached hydrogen (secondary N) is 3. The maximum Gasteiger partial charge on any atom is 0.227 e. The van der Waals surface area contributed by atoms with Gasteiger partial charge < -0.3 is 16.0 Å². The van der Waals surface area contributed by atoms with Gasteiger partial charge in [0.1, 0.15) is 0 Å². The van der Waals surface area contributed by atoms with E-state index in [4.69, 9.17) is 0 Å². The maximum atomic E-state index is 11.8. The van der Waals surface area contributed by atoms with Crippen molar-refractivity contribution in [1.82, 2.24) is 16.0 Å². The van der Waals surface area contributed by atoms with Crippen molar-refractivity contribution in [1.29, 1.82) is 0 Å². The van der Waals surface area contributed by atoms with E-state index < -0.39 is 5.41 Å². The molecule has 0 saturated heterocycles. The molecular weight excluding hydrogens is 391 g/mol. The Morgan fingerprint density at radius 2 is 1.86 bits per heavy atom. The maximum absolute atomic E-state index is 11.8. The molecule has 6 heteroatoms. The Morgan fingerprint density at radius 3 is 2.32 bits per heavy atom. The van der Waals surface area contributed by atoms with Crippen LogP contribution in [-0.2, 0) is 4.79 Å². The van der Waals surface area contributed by atoms with Gasteiger partial charge >= 0.3 is 0 Å². The molecule has 0 aliphatic carbocycles. The Hall–Kier alpha value is -0.530. The molecule has 22 heavy (non-hydrogen) atoms. The molecule has 1 atom stereocenters. The lowest BCUT2D eigenvalue weighted by Gasteiger charge is -2.25. The highest BCUT2D eigenvalue weighted by molar-refractivity contribution is 14.0. The molecule has 0 heterocycles. The molecule has 3 N–H and O–H groups in total. The van der Waals surface area contributed by atoms with Crippen LogP contribution in [0.1, 0.15) is 53.4 Å². The third-order valence-corrected chi connectivity index (χ3v) is 3.86. The summed E-state index contributed by atoms with van der Waals surface area (Å²) in [5, 5.41) is 9.29. The Labute approximate surface area is 153 Å². The van der Waals surface area contributed by atoms with Gasteiger partial charge in [0.15, 0.2) is 5.96 Å². The zero-order chi connectivity index (χ0) is 16.3. The minimum atomic E-state index is -0.460. The molecule has 1 unspecified atom stereocenters. The van der Waals surface area contributed by atoms with E-state index in [0.717, 1.165) is 12.5 Å². The highest BCUT2D eigenvalue weighted by Gasteiger charge is 2.26. The van der Waals surface area contributed by atoms with Gasteiger partial charge in [-0.2, -0.15) is 0 Å². The quantitative estimate of drug-likeness (QED) is 0.302. The molecule has 0 fully saturated rings. The first-order chi connectivity index (χ1) is 9.91. The van der Waals surface area contributed by atoms with E-state index in [1.54, 1.807) is 14.1 Å². The van der Waals surface area contributed by atoms with E-state index in [2.05, 4.69) is 34.8 Å². The van der Waals surface area contributed by atoms with Gasteiger partial charge in [0.25, 0.3) is 0 Å². The topological polar surface area (TPSA) is 65.5 Å². The van der Waals surface area contributed by atoms with E-state index >= 15 is 0 Å². The van der Waals surface area contributed by atoms with Crippen LogP contribution in [0.4, 0.5) is 0 Å². The third-order valence-electron chi connectivity index (χ3n) is 3.86. The Morgan fingerprint density at radius 1 is 1.23 bits per heavy atom. The molecule has 0 radical (unpaired) electrons. The number of hydrogen-bond acceptors (Lipinski definition) is 2. The van der Waals surface area contributed by atoms with Crippen molar-refractivity contribution in [3.05, 3.63) is 0 Å². The summed E-state index contributed by atoms with van der Waals surface area (Å²) in [7, 11) is 3.42. The molecule has 0 aliphatic rings. The Kier molecular flexibility index (Phi) is 14.0. The molecule has 0 aliphatic heterocycles. The van der Waals surface area contributed by atoms with Crippen molar-refractivity contribution >= 4 is 35.8 Å². The third kappa shape index (κ3) is 9.48. The molecule has 132 valence electrons. The first-order valence-electron chi connectivity index (χ1n) is 8.07. The average molecular weight is 426 g/mol. The lowest BCUT2D eigenvalue weighted by Crippen LogP contribution is -2.47. The van der Waals surface area contributed by atoms with E-state index in [9.17, 15) is 4.79 Å². The van der Waals surface area contributed by atoms with Crippen LogP contribution >= 0.6 is 24.0 Å². The SMILES string of the molecule is CCCCC(CC)CNC(=NC)NCC(C)(C)C(=O)NC.I. The van der Waals surface area contributed by atoms with E-state index in [1.165, 1.54) is 25.7 Å². The summed E-state index contributed by atoms with van der Waals surface area (Å²) in [6.07, 6.45) is 4.94. The second-order valence-corrected chi connectivity index (χ2v) is 6.19. The van der Waals surface area contributed by atoms with Crippen LogP contribution in [0.2, 0.25) is 0 Å². The van der Waals surface area contributed by atoms with Gasteiger partial charge in [-0.25, -0.2) is 0 Å². The van der Waals surface area contributed by atoms with Gasteiger partial charge in [-0.05, 0) is 26.2 Å². The second-order valence-electron chi connectivity index (χ2n) is 6.19. The highest BCUT2D eigenvalue weighted by atomic mass is 127. The fourth-order valence-corrected chi connectivity index (χ4v) is 2.13. The number of halogens is 1. The summed E-state index contributed by atoms with van der Waals surface area (Å²) in [4.78, 5) is 16.0. The minimum Gasteiger partial charge on any atom is -0.359 e. The van der Waals surface area contributed by atoms with Crippen LogP contribution in [-0.4, -0.2) is 39.1 Å². The summed E-state index contributed by atoms with van der Waals surface area (Å²) in [5.41, 5.74) is -0.460. The number of guanidine groups is 1. The first-order valence-corrected chi connectivity index (χ1v) is 8.07. The number of rotatable bonds is 9. The Bertz CT molecular complexity index is 332. The molecule has 1 amide bonds. The van der Waals surface area contributed by atoms with E-state index in [-0.39, 0.29) is 29.9 Å². The van der Waals surface area contributed by atoms with Gasteiger partial charge in [-0.15, -0.1) is 24.0 Å². The van der Waals surface area contributed by atoms with Crippen molar-refractivity contribution in [3.8, 4) is 0 Å². The number of carbonyl (C=O) groups excluding carboxylic acids is 1. The summed E-state index contributed by atoms with van der Waals surface area (Å²) >= 11 is 0. The molecule has 0 aromatic rings. The van der Waals surface area contributed by atoms with Crippen LogP contribution in [0.15, 0.2) is 4.99 Å². The monoisotopic (exact) mass is 426 g/mol. The molecule has 0 aromatic heterocycles. The number of nitrogens with zero attached hydrogens (tertiary/aromatic N) is 1. The average Bonchev–Trinajstić information content (AvgIpc) is 2.49. The summed E-state index contributed by atoms with van der Waals surface area (Å²) in [6.45, 7) is 9.77. The zero-order valence-corrected chi connectivity index (χ0v) is 17.4. The Balaban J connectivity index is 0. The van der Waals surface area contributed by atoms with Crippen LogP contribution in [0, 0.1) is 11.3 Å². The number of amides is 1. The molecule has 0 rings (SSSR count). The van der Waals surface area contributed by atoms with E-state index in [1.807, 2.05) is 13.8 Å². The van der Waals surface area contributed by atoms with Crippen molar-refractivity contribution in [2.45, 2.75) is 53.4 Å². The summed E-state index contributed by atoms with van der Waals surface area (Å²) in [6, 6.07) is 0. The predicted octanol–water partition coefficient (Wildman–Crippen LogP) is 2.76. The number of carbonyl (C=O) groups is 1. The minimum absolute atomic E-state index is 0. The lowest BCUT2D eigenvalue weighted by atomic mass is 9.92. The standard InChI is InChI=1S/C16H34N4O.HI/c1-7-9-10-13(8-2)11-19-15(18-6)20-12-16(3,4)14(21)17-5;/h13H,7-12H2,1-6H3,(H,17,21)(H2,18,19,20);1H. The van der Waals surface area contributed by atoms with Gasteiger partial charge in [0.2, 0.25) is 5.91 Å². The van der Waals surface area contributed by atoms with Gasteiger partial charge in [-0.1, -0.05) is 33.1 Å². The van der Waals surface area contributed by atoms with Gasteiger partial charge in [-0.3, -0.25) is 9.79 Å². The molecule has 0 saturated carbocycles. The van der Waals surface area contributed by atoms with Crippen LogP contribution < -0.4 is 16.0 Å². The van der Waals surface area contributed by atoms with Crippen molar-refractivity contribution in [2.75, 3.05) is 27.2 Å². The van der Waals surface area contributed by atoms with Crippen molar-refractivity contribution in [2.24, 2.45) is 16.3 Å². The molecule has 5 nitrogen and oxygen atoms in total. The van der Waals surface area contributed by atoms with Crippen molar-refractivity contribution < 1.29 is 4.79 Å². The van der Waals surface area contributed by atoms with Crippen LogP contribution in [0.25, 0.3) is 0 Å². The smallest absolute Gasteiger partial charge is 0.227 e. The van der Waals surface area contributed by atoms with Gasteiger partial charge in [0, 0.05) is 27.2 Å². The first kappa shape index (κ1) is 23.7. The van der Waals surface area contributed by atoms with Crippen LogP contribution in [0.3, 0.4) is 0 Å². The number of hydrogen-bond donors (Lipinski definition) is 3. The summed E-state index contributed by atoms with van der Waals surface area (Å²) in [5.74, 6) is 1.47. The summed E-state index contributed by atoms with van der Waals surface area (Å²) < 4.78 is 0. The van der Waals surface area contributed by atoms with E-state index in [0.29, 0.717) is 12.5 Å². The number of aliphatic imine (C=N–C) groups is 1. The fraction of sp³-hybridized carbons (Fsp3) is 0.875. The largest absolute Gasteiger partial charge is 0.359 e. The highest BCUT2D eigenvalue weighted by Crippen LogP contribution is 2.13. The van der Waals surface area contributed by atoms with Gasteiger partial charge in [0.05, 0.1) is 5.41 Å². The molecular formula is C16H35IN4O. The molecule has 0 spiro atoms. The van der Waals surface area contributed by atoms with Crippen molar-refractivity contribution in [3.63, 3.8) is 0 Å². The van der Waals surface area contributed by atoms with Crippen LogP contribution in [0.5, 0.6) is 0 Å². The zero-order valence-electron chi connectivity index (χ0n) is 15.1. The molecule has 0 bridgehead atoms. The fourth-order valence-electron chi connectivity index (χ4n) is 2.13.